The van der Waals surface area contributed by atoms with Crippen LogP contribution in [0.4, 0.5) is 0 Å². The summed E-state index contributed by atoms with van der Waals surface area (Å²) < 4.78 is 5.18. The molecule has 0 aliphatic heterocycles. The summed E-state index contributed by atoms with van der Waals surface area (Å²) in [7, 11) is 0. The van der Waals surface area contributed by atoms with Crippen LogP contribution in [0.2, 0.25) is 0 Å². The maximum absolute atomic E-state index is 11.6. The summed E-state index contributed by atoms with van der Waals surface area (Å²) in [5.41, 5.74) is 5.69. The zero-order chi connectivity index (χ0) is 11.3. The Bertz CT molecular complexity index is 296. The number of carbonyl (C=O) groups is 1. The second-order valence-corrected chi connectivity index (χ2v) is 3.64. The van der Waals surface area contributed by atoms with E-state index in [0.717, 1.165) is 12.2 Å². The van der Waals surface area contributed by atoms with Crippen LogP contribution in [-0.2, 0) is 4.79 Å². The highest BCUT2D eigenvalue weighted by atomic mass is 16.3. The van der Waals surface area contributed by atoms with Crippen LogP contribution in [0.5, 0.6) is 0 Å². The van der Waals surface area contributed by atoms with Gasteiger partial charge in [0.25, 0.3) is 0 Å². The van der Waals surface area contributed by atoms with E-state index in [0.29, 0.717) is 6.42 Å². The van der Waals surface area contributed by atoms with Crippen molar-refractivity contribution < 1.29 is 9.21 Å². The maximum atomic E-state index is 11.6. The van der Waals surface area contributed by atoms with Gasteiger partial charge in [0, 0.05) is 0 Å². The second kappa shape index (κ2) is 5.56. The van der Waals surface area contributed by atoms with E-state index in [2.05, 4.69) is 5.32 Å². The van der Waals surface area contributed by atoms with E-state index in [1.807, 2.05) is 19.9 Å². The lowest BCUT2D eigenvalue weighted by molar-refractivity contribution is -0.123. The number of hydrogen-bond donors (Lipinski definition) is 2. The maximum Gasteiger partial charge on any atom is 0.237 e. The lowest BCUT2D eigenvalue weighted by atomic mass is 10.1. The molecule has 1 aromatic rings. The van der Waals surface area contributed by atoms with Crippen molar-refractivity contribution in [3.05, 3.63) is 24.2 Å². The first-order valence-corrected chi connectivity index (χ1v) is 5.24. The molecule has 3 N–H and O–H groups in total. The largest absolute Gasteiger partial charge is 0.467 e. The van der Waals surface area contributed by atoms with Crippen molar-refractivity contribution >= 4 is 5.91 Å². The zero-order valence-electron chi connectivity index (χ0n) is 9.19. The van der Waals surface area contributed by atoms with Gasteiger partial charge in [-0.25, -0.2) is 0 Å². The Kier molecular flexibility index (Phi) is 4.37. The van der Waals surface area contributed by atoms with Gasteiger partial charge in [0.05, 0.1) is 18.3 Å². The molecule has 1 aromatic heterocycles. The molecular formula is C11H18N2O2. The highest BCUT2D eigenvalue weighted by Crippen LogP contribution is 2.12. The van der Waals surface area contributed by atoms with Gasteiger partial charge in [-0.3, -0.25) is 4.79 Å². The third kappa shape index (κ3) is 3.40. The number of nitrogens with one attached hydrogen (secondary N) is 1. The SMILES string of the molecule is CCCC(N)C(=O)N[C@H](C)c1ccco1. The summed E-state index contributed by atoms with van der Waals surface area (Å²) in [6, 6.07) is 3.07. The van der Waals surface area contributed by atoms with Gasteiger partial charge in [0.1, 0.15) is 5.76 Å². The Morgan fingerprint density at radius 1 is 1.67 bits per heavy atom. The molecule has 0 radical (unpaired) electrons. The number of furan rings is 1. The molecule has 4 nitrogen and oxygen atoms in total. The van der Waals surface area contributed by atoms with Gasteiger partial charge in [-0.1, -0.05) is 13.3 Å². The van der Waals surface area contributed by atoms with Crippen LogP contribution < -0.4 is 11.1 Å². The topological polar surface area (TPSA) is 68.3 Å². The fraction of sp³-hybridized carbons (Fsp3) is 0.545. The predicted molar refractivity (Wildman–Crippen MR) is 58.1 cm³/mol. The lowest BCUT2D eigenvalue weighted by Crippen LogP contribution is -2.41. The summed E-state index contributed by atoms with van der Waals surface area (Å²) in [6.07, 6.45) is 3.20. The molecule has 0 aliphatic rings. The number of hydrogen-bond acceptors (Lipinski definition) is 3. The molecule has 15 heavy (non-hydrogen) atoms. The molecule has 0 aromatic carbocycles. The van der Waals surface area contributed by atoms with Gasteiger partial charge < -0.3 is 15.5 Å². The minimum Gasteiger partial charge on any atom is -0.467 e. The fourth-order valence-electron chi connectivity index (χ4n) is 1.37. The quantitative estimate of drug-likeness (QED) is 0.775. The fourth-order valence-corrected chi connectivity index (χ4v) is 1.37. The summed E-state index contributed by atoms with van der Waals surface area (Å²) in [5, 5.41) is 2.81. The molecule has 1 rings (SSSR count). The zero-order valence-corrected chi connectivity index (χ0v) is 9.19. The molecule has 0 fully saturated rings. The van der Waals surface area contributed by atoms with Crippen molar-refractivity contribution in [2.24, 2.45) is 5.73 Å². The first kappa shape index (κ1) is 11.8. The Morgan fingerprint density at radius 3 is 2.93 bits per heavy atom. The van der Waals surface area contributed by atoms with Crippen molar-refractivity contribution in [3.8, 4) is 0 Å². The molecule has 2 atom stereocenters. The van der Waals surface area contributed by atoms with Crippen LogP contribution >= 0.6 is 0 Å². The van der Waals surface area contributed by atoms with Crippen LogP contribution in [0.3, 0.4) is 0 Å². The number of amides is 1. The smallest absolute Gasteiger partial charge is 0.237 e. The van der Waals surface area contributed by atoms with E-state index in [-0.39, 0.29) is 11.9 Å². The summed E-state index contributed by atoms with van der Waals surface area (Å²) in [4.78, 5) is 11.6. The van der Waals surface area contributed by atoms with Crippen LogP contribution in [-0.4, -0.2) is 11.9 Å². The molecule has 0 saturated carbocycles. The highest BCUT2D eigenvalue weighted by Gasteiger charge is 2.16. The first-order chi connectivity index (χ1) is 7.15. The Hall–Kier alpha value is -1.29. The number of rotatable bonds is 5. The molecule has 1 unspecified atom stereocenters. The van der Waals surface area contributed by atoms with Gasteiger partial charge >= 0.3 is 0 Å². The average Bonchev–Trinajstić information content (AvgIpc) is 2.70. The van der Waals surface area contributed by atoms with Crippen LogP contribution in [0.15, 0.2) is 22.8 Å². The van der Waals surface area contributed by atoms with Crippen LogP contribution in [0, 0.1) is 0 Å². The van der Waals surface area contributed by atoms with Crippen molar-refractivity contribution in [1.82, 2.24) is 5.32 Å². The van der Waals surface area contributed by atoms with E-state index >= 15 is 0 Å². The number of nitrogens with two attached hydrogens (primary N) is 1. The molecule has 4 heteroatoms. The Balaban J connectivity index is 2.44. The van der Waals surface area contributed by atoms with Crippen molar-refractivity contribution in [2.45, 2.75) is 38.8 Å². The summed E-state index contributed by atoms with van der Waals surface area (Å²) in [5.74, 6) is 0.618. The summed E-state index contributed by atoms with van der Waals surface area (Å²) in [6.45, 7) is 3.87. The molecule has 0 saturated heterocycles. The molecule has 0 spiro atoms. The lowest BCUT2D eigenvalue weighted by Gasteiger charge is -2.15. The van der Waals surface area contributed by atoms with E-state index in [1.54, 1.807) is 12.3 Å². The van der Waals surface area contributed by atoms with E-state index in [9.17, 15) is 4.79 Å². The second-order valence-electron chi connectivity index (χ2n) is 3.64. The third-order valence-electron chi connectivity index (χ3n) is 2.27. The third-order valence-corrected chi connectivity index (χ3v) is 2.27. The molecule has 1 heterocycles. The van der Waals surface area contributed by atoms with Gasteiger partial charge in [0.15, 0.2) is 0 Å². The monoisotopic (exact) mass is 210 g/mol. The highest BCUT2D eigenvalue weighted by molar-refractivity contribution is 5.81. The van der Waals surface area contributed by atoms with Crippen LogP contribution in [0.1, 0.15) is 38.5 Å². The van der Waals surface area contributed by atoms with Gasteiger partial charge in [-0.05, 0) is 25.5 Å². The average molecular weight is 210 g/mol. The van der Waals surface area contributed by atoms with Crippen molar-refractivity contribution in [1.29, 1.82) is 0 Å². The minimum atomic E-state index is -0.424. The molecule has 84 valence electrons. The molecule has 1 amide bonds. The standard InChI is InChI=1S/C11H18N2O2/c1-3-5-9(12)11(14)13-8(2)10-6-4-7-15-10/h4,6-9H,3,5,12H2,1-2H3,(H,13,14)/t8-,9?/m1/s1. The predicted octanol–water partition coefficient (Wildman–Crippen LogP) is 1.58. The van der Waals surface area contributed by atoms with Crippen LogP contribution in [0.25, 0.3) is 0 Å². The number of carbonyl (C=O) groups excluding carboxylic acids is 1. The van der Waals surface area contributed by atoms with Gasteiger partial charge in [-0.15, -0.1) is 0 Å². The molecule has 0 bridgehead atoms. The van der Waals surface area contributed by atoms with Crippen molar-refractivity contribution in [3.63, 3.8) is 0 Å². The Labute approximate surface area is 89.8 Å². The van der Waals surface area contributed by atoms with Gasteiger partial charge in [0.2, 0.25) is 5.91 Å². The minimum absolute atomic E-state index is 0.124. The van der Waals surface area contributed by atoms with Crippen molar-refractivity contribution in [2.75, 3.05) is 0 Å². The first-order valence-electron chi connectivity index (χ1n) is 5.24. The van der Waals surface area contributed by atoms with Gasteiger partial charge in [-0.2, -0.15) is 0 Å². The Morgan fingerprint density at radius 2 is 2.40 bits per heavy atom. The molecule has 0 aliphatic carbocycles. The summed E-state index contributed by atoms with van der Waals surface area (Å²) >= 11 is 0. The van der Waals surface area contributed by atoms with E-state index in [4.69, 9.17) is 10.2 Å². The normalized spacial score (nSPS) is 14.6. The molecular weight excluding hydrogens is 192 g/mol. The van der Waals surface area contributed by atoms with E-state index < -0.39 is 6.04 Å². The van der Waals surface area contributed by atoms with E-state index in [1.165, 1.54) is 0 Å².